The Morgan fingerprint density at radius 2 is 2.26 bits per heavy atom. The molecule has 8 nitrogen and oxygen atoms in total. The SMILES string of the molecule is COCCN1C(=O)[C@H]2CC[C@@H]1CN(c1ncncc1C(=O)O)C2. The molecule has 4 rings (SSSR count). The molecule has 4 heterocycles. The molecule has 0 radical (unpaired) electrons. The van der Waals surface area contributed by atoms with Crippen molar-refractivity contribution < 1.29 is 19.4 Å². The predicted molar refractivity (Wildman–Crippen MR) is 81.3 cm³/mol. The van der Waals surface area contributed by atoms with Crippen LogP contribution in [0.25, 0.3) is 0 Å². The van der Waals surface area contributed by atoms with Crippen molar-refractivity contribution in [3.8, 4) is 0 Å². The number of ether oxygens (including phenoxy) is 1. The maximum atomic E-state index is 12.6. The highest BCUT2D eigenvalue weighted by molar-refractivity contribution is 5.93. The van der Waals surface area contributed by atoms with Gasteiger partial charge in [0.25, 0.3) is 0 Å². The zero-order valence-corrected chi connectivity index (χ0v) is 13.0. The number of rotatable bonds is 5. The molecule has 8 heteroatoms. The summed E-state index contributed by atoms with van der Waals surface area (Å²) in [6.07, 6.45) is 4.40. The van der Waals surface area contributed by atoms with E-state index in [2.05, 4.69) is 9.97 Å². The Kier molecular flexibility index (Phi) is 4.42. The number of carboxylic acids is 1. The lowest BCUT2D eigenvalue weighted by Crippen LogP contribution is -2.49. The number of carbonyl (C=O) groups excluding carboxylic acids is 1. The van der Waals surface area contributed by atoms with Crippen LogP contribution in [0.4, 0.5) is 5.82 Å². The third kappa shape index (κ3) is 2.98. The first-order chi connectivity index (χ1) is 11.1. The molecule has 23 heavy (non-hydrogen) atoms. The fourth-order valence-corrected chi connectivity index (χ4v) is 3.42. The second-order valence-corrected chi connectivity index (χ2v) is 5.92. The van der Waals surface area contributed by atoms with Gasteiger partial charge in [0.2, 0.25) is 5.91 Å². The zero-order valence-electron chi connectivity index (χ0n) is 13.0. The lowest BCUT2D eigenvalue weighted by Gasteiger charge is -2.35. The first kappa shape index (κ1) is 15.7. The lowest BCUT2D eigenvalue weighted by atomic mass is 9.94. The minimum absolute atomic E-state index is 0.0630. The van der Waals surface area contributed by atoms with Gasteiger partial charge in [0.05, 0.1) is 12.5 Å². The molecule has 3 aliphatic rings. The molecule has 1 aromatic heterocycles. The molecular formula is C15H20N4O4. The molecule has 2 bridgehead atoms. The summed E-state index contributed by atoms with van der Waals surface area (Å²) in [5.74, 6) is -0.653. The molecule has 1 aromatic rings. The van der Waals surface area contributed by atoms with E-state index >= 15 is 0 Å². The van der Waals surface area contributed by atoms with E-state index in [0.29, 0.717) is 32.1 Å². The normalized spacial score (nSPS) is 24.0. The molecular weight excluding hydrogens is 300 g/mol. The van der Waals surface area contributed by atoms with Crippen molar-refractivity contribution in [2.24, 2.45) is 5.92 Å². The van der Waals surface area contributed by atoms with Crippen LogP contribution in [0.5, 0.6) is 0 Å². The number of carbonyl (C=O) groups is 2. The third-order valence-corrected chi connectivity index (χ3v) is 4.55. The number of aromatic carboxylic acids is 1. The van der Waals surface area contributed by atoms with Crippen LogP contribution in [0, 0.1) is 5.92 Å². The van der Waals surface area contributed by atoms with Crippen molar-refractivity contribution in [1.82, 2.24) is 14.9 Å². The fraction of sp³-hybridized carbons (Fsp3) is 0.600. The van der Waals surface area contributed by atoms with Gasteiger partial charge in [0.1, 0.15) is 17.7 Å². The molecule has 3 aliphatic heterocycles. The largest absolute Gasteiger partial charge is 0.477 e. The lowest BCUT2D eigenvalue weighted by molar-refractivity contribution is -0.140. The van der Waals surface area contributed by atoms with Crippen molar-refractivity contribution in [2.75, 3.05) is 38.3 Å². The zero-order chi connectivity index (χ0) is 16.4. The summed E-state index contributed by atoms with van der Waals surface area (Å²) in [6, 6.07) is 0.0630. The van der Waals surface area contributed by atoms with Gasteiger partial charge in [0, 0.05) is 39.0 Å². The van der Waals surface area contributed by atoms with E-state index in [-0.39, 0.29) is 23.4 Å². The summed E-state index contributed by atoms with van der Waals surface area (Å²) in [6.45, 7) is 2.15. The summed E-state index contributed by atoms with van der Waals surface area (Å²) >= 11 is 0. The number of fused-ring (bicyclic) bond motifs is 4. The first-order valence-electron chi connectivity index (χ1n) is 7.69. The highest BCUT2D eigenvalue weighted by Crippen LogP contribution is 2.31. The monoisotopic (exact) mass is 320 g/mol. The van der Waals surface area contributed by atoms with Gasteiger partial charge in [-0.25, -0.2) is 14.8 Å². The van der Waals surface area contributed by atoms with E-state index < -0.39 is 5.97 Å². The van der Waals surface area contributed by atoms with Crippen molar-refractivity contribution in [3.63, 3.8) is 0 Å². The number of methoxy groups -OCH3 is 1. The summed E-state index contributed by atoms with van der Waals surface area (Å²) in [7, 11) is 1.62. The van der Waals surface area contributed by atoms with Gasteiger partial charge in [-0.05, 0) is 12.8 Å². The molecule has 0 unspecified atom stereocenters. The van der Waals surface area contributed by atoms with Crippen molar-refractivity contribution in [1.29, 1.82) is 0 Å². The number of aromatic nitrogens is 2. The predicted octanol–water partition coefficient (Wildman–Crippen LogP) is 0.248. The van der Waals surface area contributed by atoms with Gasteiger partial charge < -0.3 is 19.6 Å². The molecule has 2 atom stereocenters. The van der Waals surface area contributed by atoms with Crippen molar-refractivity contribution in [3.05, 3.63) is 18.1 Å². The Bertz CT molecular complexity index is 609. The number of amides is 1. The third-order valence-electron chi connectivity index (χ3n) is 4.55. The number of carboxylic acid groups (broad SMARTS) is 1. The van der Waals surface area contributed by atoms with Crippen molar-refractivity contribution >= 4 is 17.7 Å². The summed E-state index contributed by atoms with van der Waals surface area (Å²) < 4.78 is 5.10. The average Bonchev–Trinajstić information content (AvgIpc) is 2.84. The van der Waals surface area contributed by atoms with E-state index in [1.807, 2.05) is 9.80 Å². The first-order valence-corrected chi connectivity index (χ1v) is 7.69. The van der Waals surface area contributed by atoms with Gasteiger partial charge in [-0.1, -0.05) is 0 Å². The Balaban J connectivity index is 1.88. The Hall–Kier alpha value is -2.22. The van der Waals surface area contributed by atoms with Gasteiger partial charge in [-0.3, -0.25) is 4.79 Å². The van der Waals surface area contributed by atoms with Crippen LogP contribution in [0.2, 0.25) is 0 Å². The summed E-state index contributed by atoms with van der Waals surface area (Å²) in [5, 5.41) is 9.33. The number of hydrogen-bond acceptors (Lipinski definition) is 6. The van der Waals surface area contributed by atoms with E-state index in [4.69, 9.17) is 4.74 Å². The molecule has 124 valence electrons. The van der Waals surface area contributed by atoms with E-state index in [0.717, 1.165) is 12.8 Å². The molecule has 3 saturated heterocycles. The van der Waals surface area contributed by atoms with E-state index in [1.165, 1.54) is 12.5 Å². The van der Waals surface area contributed by atoms with Crippen LogP contribution in [-0.2, 0) is 9.53 Å². The maximum absolute atomic E-state index is 12.6. The molecule has 0 saturated carbocycles. The van der Waals surface area contributed by atoms with Crippen LogP contribution < -0.4 is 4.90 Å². The molecule has 0 aliphatic carbocycles. The maximum Gasteiger partial charge on any atom is 0.341 e. The molecule has 0 spiro atoms. The molecule has 1 amide bonds. The second kappa shape index (κ2) is 6.49. The number of nitrogens with zero attached hydrogens (tertiary/aromatic N) is 4. The van der Waals surface area contributed by atoms with Gasteiger partial charge in [0.15, 0.2) is 0 Å². The van der Waals surface area contributed by atoms with Crippen LogP contribution in [-0.4, -0.2) is 71.2 Å². The van der Waals surface area contributed by atoms with E-state index in [1.54, 1.807) is 7.11 Å². The van der Waals surface area contributed by atoms with Crippen LogP contribution in [0.1, 0.15) is 23.2 Å². The van der Waals surface area contributed by atoms with Crippen LogP contribution >= 0.6 is 0 Å². The number of hydrogen-bond donors (Lipinski definition) is 1. The standard InChI is InChI=1S/C15H20N4O4/c1-23-5-4-19-11-3-2-10(14(19)20)7-18(8-11)13-12(15(21)22)6-16-9-17-13/h6,9-11H,2-5,7-8H2,1H3,(H,21,22)/t10-,11+/m0/s1. The minimum atomic E-state index is -1.06. The fourth-order valence-electron chi connectivity index (χ4n) is 3.42. The average molecular weight is 320 g/mol. The highest BCUT2D eigenvalue weighted by Gasteiger charge is 2.41. The summed E-state index contributed by atoms with van der Waals surface area (Å²) in [5.41, 5.74) is 0.0738. The smallest absolute Gasteiger partial charge is 0.341 e. The van der Waals surface area contributed by atoms with Gasteiger partial charge in [-0.15, -0.1) is 0 Å². The Morgan fingerprint density at radius 3 is 3.00 bits per heavy atom. The van der Waals surface area contributed by atoms with E-state index in [9.17, 15) is 14.7 Å². The summed E-state index contributed by atoms with van der Waals surface area (Å²) in [4.78, 5) is 35.7. The molecule has 3 fully saturated rings. The van der Waals surface area contributed by atoms with Crippen LogP contribution in [0.15, 0.2) is 12.5 Å². The minimum Gasteiger partial charge on any atom is -0.477 e. The topological polar surface area (TPSA) is 95.9 Å². The number of anilines is 1. The highest BCUT2D eigenvalue weighted by atomic mass is 16.5. The Morgan fingerprint density at radius 1 is 1.43 bits per heavy atom. The van der Waals surface area contributed by atoms with Crippen LogP contribution in [0.3, 0.4) is 0 Å². The molecule has 0 aromatic carbocycles. The quantitative estimate of drug-likeness (QED) is 0.830. The van der Waals surface area contributed by atoms with Crippen molar-refractivity contribution in [2.45, 2.75) is 18.9 Å². The molecule has 1 N–H and O–H groups in total. The van der Waals surface area contributed by atoms with Gasteiger partial charge in [-0.2, -0.15) is 0 Å². The van der Waals surface area contributed by atoms with Gasteiger partial charge >= 0.3 is 5.97 Å². The Labute approximate surface area is 134 Å². The number of piperidine rings is 1. The second-order valence-electron chi connectivity index (χ2n) is 5.92.